The molecule has 0 spiro atoms. The zero-order valence-corrected chi connectivity index (χ0v) is 19.0. The Morgan fingerprint density at radius 1 is 1.06 bits per heavy atom. The molecule has 1 aliphatic rings. The number of aryl methyl sites for hydroxylation is 1. The third kappa shape index (κ3) is 4.65. The van der Waals surface area contributed by atoms with Crippen molar-refractivity contribution >= 4 is 34.5 Å². The molecule has 0 unspecified atom stereocenters. The van der Waals surface area contributed by atoms with E-state index >= 15 is 0 Å². The fraction of sp³-hybridized carbons (Fsp3) is 0.346. The minimum absolute atomic E-state index is 0.329. The van der Waals surface area contributed by atoms with Gasteiger partial charge in [-0.05, 0) is 54.3 Å². The molecule has 1 fully saturated rings. The highest BCUT2D eigenvalue weighted by molar-refractivity contribution is 6.30. The number of fused-ring (bicyclic) bond motifs is 1. The van der Waals surface area contributed by atoms with E-state index in [1.54, 1.807) is 7.05 Å². The van der Waals surface area contributed by atoms with E-state index in [2.05, 4.69) is 52.3 Å². The molecule has 0 bridgehead atoms. The molecule has 32 heavy (non-hydrogen) atoms. The van der Waals surface area contributed by atoms with Crippen LogP contribution in [0.2, 0.25) is 0 Å². The van der Waals surface area contributed by atoms with Crippen LogP contribution >= 0.6 is 0 Å². The molecule has 3 aromatic rings. The highest BCUT2D eigenvalue weighted by Gasteiger charge is 2.26. The van der Waals surface area contributed by atoms with Crippen molar-refractivity contribution in [2.45, 2.75) is 32.4 Å². The summed E-state index contributed by atoms with van der Waals surface area (Å²) in [6.45, 7) is 4.90. The molecule has 6 heteroatoms. The number of hydrogen-bond donors (Lipinski definition) is 0. The SMILES string of the molecule is Cc1ccc(N(C)C(=O)C=O)c(N(C)C2CCN(Cc3ccc4ccccc4c3)CC2)n1. The van der Waals surface area contributed by atoms with Crippen molar-refractivity contribution in [3.63, 3.8) is 0 Å². The Balaban J connectivity index is 1.43. The zero-order chi connectivity index (χ0) is 22.7. The van der Waals surface area contributed by atoms with Gasteiger partial charge in [0.05, 0.1) is 5.69 Å². The molecular weight excluding hydrogens is 400 g/mol. The first-order valence-corrected chi connectivity index (χ1v) is 11.1. The van der Waals surface area contributed by atoms with E-state index in [1.807, 2.05) is 26.1 Å². The standard InChI is InChI=1S/C26H30N4O2/c1-19-8-11-24(29(3)25(32)18-31)26(27-19)28(2)23-12-14-30(15-13-23)17-20-9-10-21-6-4-5-7-22(21)16-20/h4-11,16,18,23H,12-15,17H2,1-3H3. The van der Waals surface area contributed by atoms with Crippen molar-refractivity contribution in [3.8, 4) is 0 Å². The lowest BCUT2D eigenvalue weighted by Gasteiger charge is -2.38. The summed E-state index contributed by atoms with van der Waals surface area (Å²) in [7, 11) is 3.65. The van der Waals surface area contributed by atoms with E-state index in [0.717, 1.165) is 44.0 Å². The molecular formula is C26H30N4O2. The average molecular weight is 431 g/mol. The lowest BCUT2D eigenvalue weighted by atomic mass is 10.0. The lowest BCUT2D eigenvalue weighted by molar-refractivity contribution is -0.129. The van der Waals surface area contributed by atoms with Crippen LogP contribution < -0.4 is 9.80 Å². The van der Waals surface area contributed by atoms with Gasteiger partial charge in [0, 0.05) is 45.5 Å². The van der Waals surface area contributed by atoms with E-state index < -0.39 is 5.91 Å². The van der Waals surface area contributed by atoms with E-state index in [9.17, 15) is 9.59 Å². The predicted molar refractivity (Wildman–Crippen MR) is 129 cm³/mol. The Morgan fingerprint density at radius 2 is 1.78 bits per heavy atom. The fourth-order valence-electron chi connectivity index (χ4n) is 4.49. The van der Waals surface area contributed by atoms with Gasteiger partial charge in [-0.2, -0.15) is 0 Å². The summed E-state index contributed by atoms with van der Waals surface area (Å²) in [4.78, 5) is 33.7. The summed E-state index contributed by atoms with van der Waals surface area (Å²) in [5.41, 5.74) is 2.89. The third-order valence-corrected chi connectivity index (χ3v) is 6.45. The second-order valence-electron chi connectivity index (χ2n) is 8.61. The average Bonchev–Trinajstić information content (AvgIpc) is 2.83. The molecule has 2 aromatic carbocycles. The smallest absolute Gasteiger partial charge is 0.290 e. The number of hydrogen-bond acceptors (Lipinski definition) is 5. The van der Waals surface area contributed by atoms with E-state index in [0.29, 0.717) is 18.0 Å². The number of benzene rings is 2. The Kier molecular flexibility index (Phi) is 6.51. The molecule has 166 valence electrons. The summed E-state index contributed by atoms with van der Waals surface area (Å²) in [6, 6.07) is 19.2. The van der Waals surface area contributed by atoms with Gasteiger partial charge in [-0.15, -0.1) is 0 Å². The Labute approximate surface area is 189 Å². The number of likely N-dealkylation sites (tertiary alicyclic amines) is 1. The number of pyridine rings is 1. The maximum Gasteiger partial charge on any atom is 0.290 e. The van der Waals surface area contributed by atoms with Crippen LogP contribution in [0.3, 0.4) is 0 Å². The Bertz CT molecular complexity index is 1120. The number of carbonyl (C=O) groups excluding carboxylic acids is 2. The van der Waals surface area contributed by atoms with Crippen LogP contribution in [-0.2, 0) is 16.1 Å². The number of piperidine rings is 1. The molecule has 2 heterocycles. The van der Waals surface area contributed by atoms with Gasteiger partial charge in [0.1, 0.15) is 0 Å². The zero-order valence-electron chi connectivity index (χ0n) is 19.0. The summed E-state index contributed by atoms with van der Waals surface area (Å²) < 4.78 is 0. The first-order valence-electron chi connectivity index (χ1n) is 11.1. The monoisotopic (exact) mass is 430 g/mol. The summed E-state index contributed by atoms with van der Waals surface area (Å²) in [6.07, 6.45) is 2.38. The van der Waals surface area contributed by atoms with Gasteiger partial charge in [-0.1, -0.05) is 36.4 Å². The second kappa shape index (κ2) is 9.49. The molecule has 0 atom stereocenters. The van der Waals surface area contributed by atoms with Crippen LogP contribution in [-0.4, -0.2) is 55.3 Å². The molecule has 0 N–H and O–H groups in total. The van der Waals surface area contributed by atoms with E-state index in [4.69, 9.17) is 4.98 Å². The van der Waals surface area contributed by atoms with Crippen molar-refractivity contribution in [2.24, 2.45) is 0 Å². The summed E-state index contributed by atoms with van der Waals surface area (Å²) in [5, 5.41) is 2.56. The van der Waals surface area contributed by atoms with Crippen molar-refractivity contribution in [3.05, 3.63) is 65.9 Å². The van der Waals surface area contributed by atoms with E-state index in [-0.39, 0.29) is 0 Å². The quantitative estimate of drug-likeness (QED) is 0.440. The summed E-state index contributed by atoms with van der Waals surface area (Å²) in [5.74, 6) is 0.172. The first-order chi connectivity index (χ1) is 15.5. The molecule has 1 amide bonds. The number of aromatic nitrogens is 1. The largest absolute Gasteiger partial charge is 0.355 e. The number of amides is 1. The highest BCUT2D eigenvalue weighted by atomic mass is 16.2. The minimum Gasteiger partial charge on any atom is -0.355 e. The molecule has 0 aliphatic carbocycles. The van der Waals surface area contributed by atoms with Gasteiger partial charge in [0.25, 0.3) is 5.91 Å². The van der Waals surface area contributed by atoms with Crippen molar-refractivity contribution < 1.29 is 9.59 Å². The van der Waals surface area contributed by atoms with Crippen LogP contribution in [0.1, 0.15) is 24.1 Å². The van der Waals surface area contributed by atoms with Crippen LogP contribution in [0, 0.1) is 6.92 Å². The molecule has 4 rings (SSSR count). The van der Waals surface area contributed by atoms with Gasteiger partial charge >= 0.3 is 0 Å². The Hall–Kier alpha value is -3.25. The predicted octanol–water partition coefficient (Wildman–Crippen LogP) is 3.81. The minimum atomic E-state index is -0.574. The van der Waals surface area contributed by atoms with Gasteiger partial charge in [0.2, 0.25) is 6.29 Å². The lowest BCUT2D eigenvalue weighted by Crippen LogP contribution is -2.44. The third-order valence-electron chi connectivity index (χ3n) is 6.45. The van der Waals surface area contributed by atoms with Crippen LogP contribution in [0.4, 0.5) is 11.5 Å². The molecule has 1 aromatic heterocycles. The maximum atomic E-state index is 12.0. The van der Waals surface area contributed by atoms with Gasteiger partial charge in [-0.3, -0.25) is 14.5 Å². The maximum absolute atomic E-state index is 12.0. The molecule has 1 saturated heterocycles. The van der Waals surface area contributed by atoms with Gasteiger partial charge < -0.3 is 9.80 Å². The van der Waals surface area contributed by atoms with Crippen LogP contribution in [0.15, 0.2) is 54.6 Å². The molecule has 0 radical (unpaired) electrons. The number of aldehydes is 1. The van der Waals surface area contributed by atoms with Gasteiger partial charge in [-0.25, -0.2) is 4.98 Å². The van der Waals surface area contributed by atoms with Gasteiger partial charge in [0.15, 0.2) is 5.82 Å². The number of rotatable bonds is 6. The molecule has 6 nitrogen and oxygen atoms in total. The van der Waals surface area contributed by atoms with E-state index in [1.165, 1.54) is 21.2 Å². The summed E-state index contributed by atoms with van der Waals surface area (Å²) >= 11 is 0. The molecule has 1 aliphatic heterocycles. The number of carbonyl (C=O) groups is 2. The first kappa shape index (κ1) is 22.0. The normalized spacial score (nSPS) is 15.0. The van der Waals surface area contributed by atoms with Crippen molar-refractivity contribution in [2.75, 3.05) is 37.0 Å². The van der Waals surface area contributed by atoms with Crippen molar-refractivity contribution in [1.29, 1.82) is 0 Å². The fourth-order valence-corrected chi connectivity index (χ4v) is 4.49. The number of likely N-dealkylation sites (N-methyl/N-ethyl adjacent to an activating group) is 1. The van der Waals surface area contributed by atoms with Crippen LogP contribution in [0.25, 0.3) is 10.8 Å². The number of nitrogens with zero attached hydrogens (tertiary/aromatic N) is 4. The van der Waals surface area contributed by atoms with Crippen LogP contribution in [0.5, 0.6) is 0 Å². The molecule has 0 saturated carbocycles. The highest BCUT2D eigenvalue weighted by Crippen LogP contribution is 2.30. The topological polar surface area (TPSA) is 56.8 Å². The number of anilines is 2. The Morgan fingerprint density at radius 3 is 2.50 bits per heavy atom. The second-order valence-corrected chi connectivity index (χ2v) is 8.61. The van der Waals surface area contributed by atoms with Crippen molar-refractivity contribution in [1.82, 2.24) is 9.88 Å².